The van der Waals surface area contributed by atoms with E-state index in [9.17, 15) is 9.59 Å². The Morgan fingerprint density at radius 3 is 2.23 bits per heavy atom. The standard InChI is InChI=1S/C28H26N4O3/c1-20-8-10-21(11-9-20)28-22(18-32(31-28)25-6-4-3-5-7-25)12-17-26(33)29-23-13-15-24(16-14-23)30-27(34)19-35-2/h3-18H,19H2,1-2H3,(H,29,33)(H,30,34)/b17-12+. The second-order valence-electron chi connectivity index (χ2n) is 7.96. The number of aromatic nitrogens is 2. The summed E-state index contributed by atoms with van der Waals surface area (Å²) in [4.78, 5) is 24.2. The van der Waals surface area contributed by atoms with Crippen LogP contribution >= 0.6 is 0 Å². The molecule has 4 rings (SSSR count). The van der Waals surface area contributed by atoms with E-state index in [4.69, 9.17) is 9.84 Å². The fraction of sp³-hybridized carbons (Fsp3) is 0.107. The molecule has 2 N–H and O–H groups in total. The smallest absolute Gasteiger partial charge is 0.250 e. The van der Waals surface area contributed by atoms with Crippen molar-refractivity contribution in [3.63, 3.8) is 0 Å². The van der Waals surface area contributed by atoms with Crippen LogP contribution in [0.25, 0.3) is 23.0 Å². The maximum Gasteiger partial charge on any atom is 0.250 e. The summed E-state index contributed by atoms with van der Waals surface area (Å²) in [6, 6.07) is 24.8. The molecule has 0 aliphatic heterocycles. The number of hydrogen-bond donors (Lipinski definition) is 2. The number of methoxy groups -OCH3 is 1. The first kappa shape index (κ1) is 23.7. The number of aryl methyl sites for hydroxylation is 1. The zero-order valence-corrected chi connectivity index (χ0v) is 19.6. The summed E-state index contributed by atoms with van der Waals surface area (Å²) in [5.74, 6) is -0.517. The van der Waals surface area contributed by atoms with E-state index in [1.807, 2.05) is 72.4 Å². The maximum atomic E-state index is 12.6. The number of amides is 2. The Hall–Kier alpha value is -4.49. The second kappa shape index (κ2) is 11.1. The van der Waals surface area contributed by atoms with Crippen molar-refractivity contribution in [2.45, 2.75) is 6.92 Å². The minimum atomic E-state index is -0.275. The molecule has 0 fully saturated rings. The molecule has 0 atom stereocenters. The maximum absolute atomic E-state index is 12.6. The van der Waals surface area contributed by atoms with Crippen LogP contribution in [0.4, 0.5) is 11.4 Å². The summed E-state index contributed by atoms with van der Waals surface area (Å²) in [7, 11) is 1.46. The normalized spacial score (nSPS) is 10.9. The predicted octanol–water partition coefficient (Wildman–Crippen LogP) is 5.08. The lowest BCUT2D eigenvalue weighted by Gasteiger charge is -2.06. The number of carbonyl (C=O) groups excluding carboxylic acids is 2. The van der Waals surface area contributed by atoms with Gasteiger partial charge in [-0.2, -0.15) is 5.10 Å². The Morgan fingerprint density at radius 1 is 0.914 bits per heavy atom. The highest BCUT2D eigenvalue weighted by Crippen LogP contribution is 2.25. The van der Waals surface area contributed by atoms with Gasteiger partial charge in [0.15, 0.2) is 0 Å². The number of benzene rings is 3. The van der Waals surface area contributed by atoms with Gasteiger partial charge in [0, 0.05) is 41.9 Å². The van der Waals surface area contributed by atoms with Crippen LogP contribution in [0.3, 0.4) is 0 Å². The zero-order chi connectivity index (χ0) is 24.6. The van der Waals surface area contributed by atoms with Crippen molar-refractivity contribution in [1.82, 2.24) is 9.78 Å². The van der Waals surface area contributed by atoms with Gasteiger partial charge in [0.05, 0.1) is 11.4 Å². The SMILES string of the molecule is COCC(=O)Nc1ccc(NC(=O)/C=C/c2cn(-c3ccccc3)nc2-c2ccc(C)cc2)cc1. The fourth-order valence-corrected chi connectivity index (χ4v) is 3.47. The quantitative estimate of drug-likeness (QED) is 0.355. The van der Waals surface area contributed by atoms with E-state index in [1.54, 1.807) is 30.3 Å². The van der Waals surface area contributed by atoms with Gasteiger partial charge >= 0.3 is 0 Å². The molecule has 2 amide bonds. The fourth-order valence-electron chi connectivity index (χ4n) is 3.47. The molecule has 0 spiro atoms. The average molecular weight is 467 g/mol. The van der Waals surface area contributed by atoms with Crippen LogP contribution in [0.15, 0.2) is 91.1 Å². The molecule has 35 heavy (non-hydrogen) atoms. The molecule has 0 bridgehead atoms. The van der Waals surface area contributed by atoms with Crippen LogP contribution in [-0.4, -0.2) is 35.3 Å². The van der Waals surface area contributed by atoms with Crippen molar-refractivity contribution in [1.29, 1.82) is 0 Å². The Morgan fingerprint density at radius 2 is 1.57 bits per heavy atom. The summed E-state index contributed by atoms with van der Waals surface area (Å²) in [6.07, 6.45) is 5.15. The predicted molar refractivity (Wildman–Crippen MR) is 138 cm³/mol. The molecule has 4 aromatic rings. The third kappa shape index (κ3) is 6.31. The van der Waals surface area contributed by atoms with Crippen LogP contribution < -0.4 is 10.6 Å². The van der Waals surface area contributed by atoms with Gasteiger partial charge in [-0.05, 0) is 49.4 Å². The van der Waals surface area contributed by atoms with Gasteiger partial charge in [-0.25, -0.2) is 4.68 Å². The second-order valence-corrected chi connectivity index (χ2v) is 7.96. The number of ether oxygens (including phenoxy) is 1. The summed E-state index contributed by atoms with van der Waals surface area (Å²) in [5.41, 5.74) is 5.91. The largest absolute Gasteiger partial charge is 0.375 e. The monoisotopic (exact) mass is 466 g/mol. The van der Waals surface area contributed by atoms with Gasteiger partial charge in [-0.1, -0.05) is 48.0 Å². The molecular formula is C28H26N4O3. The van der Waals surface area contributed by atoms with Gasteiger partial charge in [0.2, 0.25) is 11.8 Å². The minimum Gasteiger partial charge on any atom is -0.375 e. The molecule has 3 aromatic carbocycles. The van der Waals surface area contributed by atoms with Crippen molar-refractivity contribution >= 4 is 29.3 Å². The molecule has 0 saturated heterocycles. The molecule has 0 unspecified atom stereocenters. The Kier molecular flexibility index (Phi) is 7.50. The molecule has 1 aromatic heterocycles. The number of anilines is 2. The van der Waals surface area contributed by atoms with E-state index < -0.39 is 0 Å². The Bertz CT molecular complexity index is 1330. The molecular weight excluding hydrogens is 440 g/mol. The van der Waals surface area contributed by atoms with Crippen LogP contribution in [0, 0.1) is 6.92 Å². The van der Waals surface area contributed by atoms with Crippen LogP contribution in [0.5, 0.6) is 0 Å². The molecule has 0 saturated carbocycles. The van der Waals surface area contributed by atoms with E-state index in [-0.39, 0.29) is 18.4 Å². The lowest BCUT2D eigenvalue weighted by molar-refractivity contribution is -0.119. The first-order valence-electron chi connectivity index (χ1n) is 11.1. The highest BCUT2D eigenvalue weighted by atomic mass is 16.5. The Labute approximate surface area is 204 Å². The number of nitrogens with one attached hydrogen (secondary N) is 2. The molecule has 0 aliphatic rings. The van der Waals surface area contributed by atoms with Crippen LogP contribution in [0.1, 0.15) is 11.1 Å². The number of nitrogens with zero attached hydrogens (tertiary/aromatic N) is 2. The highest BCUT2D eigenvalue weighted by Gasteiger charge is 2.11. The van der Waals surface area contributed by atoms with Gasteiger partial charge in [-0.15, -0.1) is 0 Å². The molecule has 0 aliphatic carbocycles. The number of carbonyl (C=O) groups is 2. The van der Waals surface area contributed by atoms with E-state index in [1.165, 1.54) is 13.2 Å². The molecule has 7 nitrogen and oxygen atoms in total. The molecule has 176 valence electrons. The van der Waals surface area contributed by atoms with Crippen LogP contribution in [0.2, 0.25) is 0 Å². The van der Waals surface area contributed by atoms with Crippen molar-refractivity contribution in [3.8, 4) is 16.9 Å². The van der Waals surface area contributed by atoms with Crippen LogP contribution in [-0.2, 0) is 14.3 Å². The van der Waals surface area contributed by atoms with Gasteiger partial charge in [0.1, 0.15) is 6.61 Å². The van der Waals surface area contributed by atoms with Crippen molar-refractivity contribution in [2.24, 2.45) is 0 Å². The zero-order valence-electron chi connectivity index (χ0n) is 19.6. The van der Waals surface area contributed by atoms with E-state index in [0.717, 1.165) is 28.1 Å². The van der Waals surface area contributed by atoms with Gasteiger partial charge < -0.3 is 15.4 Å². The van der Waals surface area contributed by atoms with Crippen molar-refractivity contribution in [2.75, 3.05) is 24.4 Å². The molecule has 1 heterocycles. The summed E-state index contributed by atoms with van der Waals surface area (Å²) >= 11 is 0. The molecule has 0 radical (unpaired) electrons. The van der Waals surface area contributed by atoms with Crippen molar-refractivity contribution < 1.29 is 14.3 Å². The minimum absolute atomic E-state index is 0.0191. The average Bonchev–Trinajstić information content (AvgIpc) is 3.29. The topological polar surface area (TPSA) is 85.3 Å². The van der Waals surface area contributed by atoms with Gasteiger partial charge in [0.25, 0.3) is 0 Å². The summed E-state index contributed by atoms with van der Waals surface area (Å²) in [6.45, 7) is 2.02. The summed E-state index contributed by atoms with van der Waals surface area (Å²) in [5, 5.41) is 10.3. The highest BCUT2D eigenvalue weighted by molar-refractivity contribution is 6.02. The number of rotatable bonds is 8. The Balaban J connectivity index is 1.51. The van der Waals surface area contributed by atoms with E-state index in [0.29, 0.717) is 11.4 Å². The molecule has 7 heteroatoms. The summed E-state index contributed by atoms with van der Waals surface area (Å²) < 4.78 is 6.61. The van der Waals surface area contributed by atoms with Gasteiger partial charge in [-0.3, -0.25) is 9.59 Å². The lowest BCUT2D eigenvalue weighted by Crippen LogP contribution is -2.17. The first-order chi connectivity index (χ1) is 17.0. The van der Waals surface area contributed by atoms with Crippen molar-refractivity contribution in [3.05, 3.63) is 102 Å². The van der Waals surface area contributed by atoms with E-state index >= 15 is 0 Å². The first-order valence-corrected chi connectivity index (χ1v) is 11.1. The third-order valence-corrected chi connectivity index (χ3v) is 5.21. The van der Waals surface area contributed by atoms with E-state index in [2.05, 4.69) is 10.6 Å². The lowest BCUT2D eigenvalue weighted by atomic mass is 10.1. The third-order valence-electron chi connectivity index (χ3n) is 5.21. The number of hydrogen-bond acceptors (Lipinski definition) is 4. The number of para-hydroxylation sites is 1.